The van der Waals surface area contributed by atoms with Crippen molar-refractivity contribution in [2.24, 2.45) is 0 Å². The van der Waals surface area contributed by atoms with Crippen molar-refractivity contribution in [3.8, 4) is 21.7 Å². The molecule has 1 aromatic carbocycles. The van der Waals surface area contributed by atoms with E-state index in [1.807, 2.05) is 37.3 Å². The van der Waals surface area contributed by atoms with Gasteiger partial charge in [-0.3, -0.25) is 24.9 Å². The molecule has 0 aliphatic carbocycles. The number of pyridine rings is 3. The second-order valence-corrected chi connectivity index (χ2v) is 8.88. The van der Waals surface area contributed by atoms with E-state index in [1.54, 1.807) is 48.9 Å². The van der Waals surface area contributed by atoms with Gasteiger partial charge < -0.3 is 5.32 Å². The largest absolute Gasteiger partial charge is 0.306 e. The topological polar surface area (TPSA) is 110 Å². The third-order valence-electron chi connectivity index (χ3n) is 5.28. The van der Waals surface area contributed by atoms with Gasteiger partial charge in [-0.1, -0.05) is 41.2 Å². The minimum absolute atomic E-state index is 0.294. The lowest BCUT2D eigenvalue weighted by Gasteiger charge is -2.07. The Kier molecular flexibility index (Phi) is 6.55. The van der Waals surface area contributed by atoms with E-state index in [9.17, 15) is 9.59 Å². The van der Waals surface area contributed by atoms with Gasteiger partial charge in [0.25, 0.3) is 11.8 Å². The van der Waals surface area contributed by atoms with Gasteiger partial charge in [0.1, 0.15) is 5.82 Å². The molecule has 0 aliphatic rings. The fourth-order valence-corrected chi connectivity index (χ4v) is 4.45. The summed E-state index contributed by atoms with van der Waals surface area (Å²) in [7, 11) is 0. The average Bonchev–Trinajstić information content (AvgIpc) is 3.34. The zero-order chi connectivity index (χ0) is 24.9. The van der Waals surface area contributed by atoms with Gasteiger partial charge in [-0.15, -0.1) is 0 Å². The quantitative estimate of drug-likeness (QED) is 0.325. The van der Waals surface area contributed by atoms with Crippen LogP contribution in [0.3, 0.4) is 0 Å². The van der Waals surface area contributed by atoms with E-state index in [0.29, 0.717) is 22.1 Å². The summed E-state index contributed by atoms with van der Waals surface area (Å²) in [5, 5.41) is 6.14. The molecule has 2 N–H and O–H groups in total. The minimum atomic E-state index is -0.305. The highest BCUT2D eigenvalue weighted by molar-refractivity contribution is 7.19. The second-order valence-electron chi connectivity index (χ2n) is 7.88. The smallest absolute Gasteiger partial charge is 0.259 e. The molecule has 0 spiro atoms. The molecule has 8 nitrogen and oxygen atoms in total. The number of rotatable bonds is 6. The Bertz CT molecular complexity index is 1520. The Balaban J connectivity index is 1.49. The maximum Gasteiger partial charge on any atom is 0.259 e. The van der Waals surface area contributed by atoms with E-state index in [-0.39, 0.29) is 11.8 Å². The SMILES string of the molecule is Cc1ccc(-c2nc(NC(=O)c3cccnc3)sc2-c2ccnc(NC(=O)c3cccnc3)c2)cc1. The van der Waals surface area contributed by atoms with Gasteiger partial charge in [0.15, 0.2) is 5.13 Å². The fourth-order valence-electron chi connectivity index (χ4n) is 3.47. The van der Waals surface area contributed by atoms with E-state index < -0.39 is 0 Å². The van der Waals surface area contributed by atoms with Gasteiger partial charge in [0.2, 0.25) is 0 Å². The van der Waals surface area contributed by atoms with Crippen LogP contribution in [-0.2, 0) is 0 Å². The normalized spacial score (nSPS) is 10.6. The van der Waals surface area contributed by atoms with Crippen LogP contribution in [0.25, 0.3) is 21.7 Å². The number of anilines is 2. The first kappa shape index (κ1) is 23.0. The van der Waals surface area contributed by atoms with Gasteiger partial charge in [0, 0.05) is 36.5 Å². The highest BCUT2D eigenvalue weighted by atomic mass is 32.1. The molecule has 0 bridgehead atoms. The molecule has 0 aliphatic heterocycles. The van der Waals surface area contributed by atoms with Crippen LogP contribution < -0.4 is 10.6 Å². The van der Waals surface area contributed by atoms with Crippen LogP contribution in [0, 0.1) is 6.92 Å². The number of benzene rings is 1. The van der Waals surface area contributed by atoms with Crippen molar-refractivity contribution in [2.45, 2.75) is 6.92 Å². The second kappa shape index (κ2) is 10.2. The predicted molar refractivity (Wildman–Crippen MR) is 140 cm³/mol. The number of carbonyl (C=O) groups is 2. The molecule has 9 heteroatoms. The molecule has 4 heterocycles. The van der Waals surface area contributed by atoms with E-state index >= 15 is 0 Å². The molecule has 5 rings (SSSR count). The number of amides is 2. The first-order valence-electron chi connectivity index (χ1n) is 11.0. The van der Waals surface area contributed by atoms with Gasteiger partial charge in [-0.2, -0.15) is 0 Å². The molecule has 5 aromatic rings. The molecular weight excluding hydrogens is 472 g/mol. The van der Waals surface area contributed by atoms with Gasteiger partial charge in [-0.25, -0.2) is 9.97 Å². The van der Waals surface area contributed by atoms with Gasteiger partial charge in [0.05, 0.1) is 21.7 Å². The van der Waals surface area contributed by atoms with E-state index in [4.69, 9.17) is 4.98 Å². The number of carbonyl (C=O) groups excluding carboxylic acids is 2. The van der Waals surface area contributed by atoms with Crippen molar-refractivity contribution in [2.75, 3.05) is 10.6 Å². The third kappa shape index (κ3) is 5.16. The lowest BCUT2D eigenvalue weighted by molar-refractivity contribution is 0.101. The Morgan fingerprint density at radius 1 is 0.778 bits per heavy atom. The van der Waals surface area contributed by atoms with Crippen molar-refractivity contribution in [1.82, 2.24) is 19.9 Å². The molecule has 176 valence electrons. The number of nitrogens with zero attached hydrogens (tertiary/aromatic N) is 4. The van der Waals surface area contributed by atoms with Crippen LogP contribution in [0.5, 0.6) is 0 Å². The van der Waals surface area contributed by atoms with Crippen molar-refractivity contribution in [3.63, 3.8) is 0 Å². The number of aromatic nitrogens is 4. The summed E-state index contributed by atoms with van der Waals surface area (Å²) in [6, 6.07) is 18.4. The Morgan fingerprint density at radius 2 is 1.44 bits per heavy atom. The fraction of sp³-hybridized carbons (Fsp3) is 0.0370. The first-order chi connectivity index (χ1) is 17.6. The molecule has 0 fully saturated rings. The van der Waals surface area contributed by atoms with Crippen LogP contribution in [0.4, 0.5) is 10.9 Å². The number of nitrogens with one attached hydrogen (secondary N) is 2. The first-order valence-corrected chi connectivity index (χ1v) is 11.9. The minimum Gasteiger partial charge on any atom is -0.306 e. The van der Waals surface area contributed by atoms with Crippen molar-refractivity contribution in [3.05, 3.63) is 108 Å². The summed E-state index contributed by atoms with van der Waals surface area (Å²) in [6.45, 7) is 2.02. The third-order valence-corrected chi connectivity index (χ3v) is 6.30. The maximum atomic E-state index is 12.7. The summed E-state index contributed by atoms with van der Waals surface area (Å²) >= 11 is 1.34. The average molecular weight is 493 g/mol. The lowest BCUT2D eigenvalue weighted by Crippen LogP contribution is -2.13. The summed E-state index contributed by atoms with van der Waals surface area (Å²) in [5.41, 5.74) is 4.44. The number of hydrogen-bond donors (Lipinski definition) is 2. The van der Waals surface area contributed by atoms with E-state index in [0.717, 1.165) is 27.3 Å². The van der Waals surface area contributed by atoms with Crippen LogP contribution in [0.1, 0.15) is 26.3 Å². The van der Waals surface area contributed by atoms with Crippen molar-refractivity contribution in [1.29, 1.82) is 0 Å². The van der Waals surface area contributed by atoms with Crippen molar-refractivity contribution >= 4 is 34.1 Å². The number of thiazole rings is 1. The lowest BCUT2D eigenvalue weighted by atomic mass is 10.1. The highest BCUT2D eigenvalue weighted by Gasteiger charge is 2.18. The van der Waals surface area contributed by atoms with Gasteiger partial charge >= 0.3 is 0 Å². The molecular formula is C27H20N6O2S. The molecule has 0 unspecified atom stereocenters. The predicted octanol–water partition coefficient (Wildman–Crippen LogP) is 5.48. The highest BCUT2D eigenvalue weighted by Crippen LogP contribution is 2.39. The molecule has 0 radical (unpaired) electrons. The Labute approximate surface area is 211 Å². The summed E-state index contributed by atoms with van der Waals surface area (Å²) in [4.78, 5) is 43.2. The zero-order valence-corrected chi connectivity index (χ0v) is 20.0. The van der Waals surface area contributed by atoms with Crippen LogP contribution in [-0.4, -0.2) is 31.8 Å². The maximum absolute atomic E-state index is 12.7. The van der Waals surface area contributed by atoms with Gasteiger partial charge in [-0.05, 0) is 48.9 Å². The zero-order valence-electron chi connectivity index (χ0n) is 19.2. The van der Waals surface area contributed by atoms with E-state index in [2.05, 4.69) is 25.6 Å². The summed E-state index contributed by atoms with van der Waals surface area (Å²) < 4.78 is 0. The number of aryl methyl sites for hydroxylation is 1. The van der Waals surface area contributed by atoms with Crippen LogP contribution >= 0.6 is 11.3 Å². The number of hydrogen-bond acceptors (Lipinski definition) is 7. The standard InChI is InChI=1S/C27H20N6O2S/c1-17-6-8-18(9-7-17)23-24(36-27(32-23)33-26(35)21-5-3-12-29-16-21)19-10-13-30-22(14-19)31-25(34)20-4-2-11-28-15-20/h2-16H,1H3,(H,30,31,34)(H,32,33,35). The Morgan fingerprint density at radius 3 is 2.08 bits per heavy atom. The summed E-state index contributed by atoms with van der Waals surface area (Å²) in [6.07, 6.45) is 7.85. The Hall–Kier alpha value is -4.76. The van der Waals surface area contributed by atoms with Crippen LogP contribution in [0.2, 0.25) is 0 Å². The molecule has 2 amide bonds. The molecule has 0 saturated heterocycles. The summed E-state index contributed by atoms with van der Waals surface area (Å²) in [5.74, 6) is -0.205. The van der Waals surface area contributed by atoms with E-state index in [1.165, 1.54) is 23.7 Å². The molecule has 0 saturated carbocycles. The molecule has 0 atom stereocenters. The van der Waals surface area contributed by atoms with Crippen molar-refractivity contribution < 1.29 is 9.59 Å². The molecule has 36 heavy (non-hydrogen) atoms. The molecule has 4 aromatic heterocycles. The van der Waals surface area contributed by atoms with Crippen LogP contribution in [0.15, 0.2) is 91.6 Å². The monoisotopic (exact) mass is 492 g/mol.